The van der Waals surface area contributed by atoms with Crippen LogP contribution in [0.25, 0.3) is 0 Å². The molecule has 2 aliphatic heterocycles. The van der Waals surface area contributed by atoms with E-state index < -0.39 is 5.82 Å². The van der Waals surface area contributed by atoms with Crippen molar-refractivity contribution in [2.45, 2.75) is 44.2 Å². The molecule has 2 fully saturated rings. The van der Waals surface area contributed by atoms with Gasteiger partial charge >= 0.3 is 0 Å². The highest BCUT2D eigenvalue weighted by Crippen LogP contribution is 2.39. The molecule has 1 spiro atoms. The molecule has 1 atom stereocenters. The van der Waals surface area contributed by atoms with Crippen molar-refractivity contribution < 1.29 is 13.6 Å². The molecule has 6 heteroatoms. The third kappa shape index (κ3) is 4.31. The van der Waals surface area contributed by atoms with E-state index in [9.17, 15) is 13.6 Å². The summed E-state index contributed by atoms with van der Waals surface area (Å²) >= 11 is 5.74. The lowest BCUT2D eigenvalue weighted by Crippen LogP contribution is -2.44. The normalized spacial score (nSPS) is 22.8. The summed E-state index contributed by atoms with van der Waals surface area (Å²) in [6.45, 7) is 3.03. The number of hydrogen-bond acceptors (Lipinski definition) is 2. The maximum Gasteiger partial charge on any atom is 0.253 e. The Hall–Kier alpha value is -1.98. The van der Waals surface area contributed by atoms with Gasteiger partial charge in [-0.3, -0.25) is 9.69 Å². The van der Waals surface area contributed by atoms with E-state index in [0.29, 0.717) is 18.7 Å². The van der Waals surface area contributed by atoms with Gasteiger partial charge in [0, 0.05) is 30.7 Å². The predicted octanol–water partition coefficient (Wildman–Crippen LogP) is 5.28. The first-order valence-electron chi connectivity index (χ1n) is 10.2. The number of carbonyl (C=O) groups is 1. The topological polar surface area (TPSA) is 23.6 Å². The molecule has 2 heterocycles. The highest BCUT2D eigenvalue weighted by molar-refractivity contribution is 6.30. The molecule has 0 radical (unpaired) electrons. The van der Waals surface area contributed by atoms with E-state index in [1.54, 1.807) is 18.2 Å². The summed E-state index contributed by atoms with van der Waals surface area (Å²) in [5.74, 6) is -0.920. The van der Waals surface area contributed by atoms with Crippen LogP contribution in [-0.2, 0) is 6.54 Å². The van der Waals surface area contributed by atoms with Crippen LogP contribution in [0.2, 0.25) is 5.02 Å². The minimum Gasteiger partial charge on any atom is -0.339 e. The third-order valence-corrected chi connectivity index (χ3v) is 6.68. The number of hydrogen-bond donors (Lipinski definition) is 0. The maximum absolute atomic E-state index is 13.8. The molecule has 0 aromatic heterocycles. The van der Waals surface area contributed by atoms with Crippen molar-refractivity contribution >= 4 is 17.5 Å². The first-order chi connectivity index (χ1) is 14.0. The monoisotopic (exact) mass is 418 g/mol. The Bertz CT molecular complexity index is 906. The fraction of sp³-hybridized carbons (Fsp3) is 0.435. The van der Waals surface area contributed by atoms with Crippen molar-refractivity contribution in [3.63, 3.8) is 0 Å². The predicted molar refractivity (Wildman–Crippen MR) is 110 cm³/mol. The smallest absolute Gasteiger partial charge is 0.253 e. The average molecular weight is 419 g/mol. The minimum absolute atomic E-state index is 0.0234. The van der Waals surface area contributed by atoms with Gasteiger partial charge in [0.05, 0.1) is 5.02 Å². The van der Waals surface area contributed by atoms with Gasteiger partial charge in [0.1, 0.15) is 11.6 Å². The van der Waals surface area contributed by atoms with Crippen LogP contribution in [0.1, 0.15) is 48.0 Å². The summed E-state index contributed by atoms with van der Waals surface area (Å²) in [4.78, 5) is 17.2. The lowest BCUT2D eigenvalue weighted by molar-refractivity contribution is 0.0737. The molecule has 1 amide bonds. The fourth-order valence-corrected chi connectivity index (χ4v) is 4.97. The molecular weight excluding hydrogens is 394 g/mol. The molecule has 2 aliphatic rings. The van der Waals surface area contributed by atoms with Crippen LogP contribution in [0.15, 0.2) is 42.5 Å². The number of benzene rings is 2. The molecule has 2 aromatic rings. The number of halogens is 3. The van der Waals surface area contributed by atoms with Crippen molar-refractivity contribution in [1.29, 1.82) is 0 Å². The second-order valence-corrected chi connectivity index (χ2v) is 8.56. The van der Waals surface area contributed by atoms with Gasteiger partial charge in [0.2, 0.25) is 0 Å². The maximum atomic E-state index is 13.8. The summed E-state index contributed by atoms with van der Waals surface area (Å²) in [5.41, 5.74) is 1.37. The van der Waals surface area contributed by atoms with Gasteiger partial charge in [-0.15, -0.1) is 0 Å². The van der Waals surface area contributed by atoms with Crippen LogP contribution < -0.4 is 0 Å². The van der Waals surface area contributed by atoms with E-state index in [0.717, 1.165) is 50.8 Å². The van der Waals surface area contributed by atoms with E-state index >= 15 is 0 Å². The highest BCUT2D eigenvalue weighted by Gasteiger charge is 2.42. The lowest BCUT2D eigenvalue weighted by atomic mass is 9.87. The fourth-order valence-electron chi connectivity index (χ4n) is 4.86. The van der Waals surface area contributed by atoms with Crippen molar-refractivity contribution in [1.82, 2.24) is 9.80 Å². The average Bonchev–Trinajstić information content (AvgIpc) is 2.94. The first-order valence-corrected chi connectivity index (χ1v) is 10.6. The Morgan fingerprint density at radius 2 is 1.79 bits per heavy atom. The number of carbonyl (C=O) groups excluding carboxylic acids is 1. The van der Waals surface area contributed by atoms with Crippen molar-refractivity contribution in [2.75, 3.05) is 19.6 Å². The van der Waals surface area contributed by atoms with Crippen LogP contribution >= 0.6 is 11.6 Å². The van der Waals surface area contributed by atoms with Crippen molar-refractivity contribution in [2.24, 2.45) is 0 Å². The number of rotatable bonds is 3. The van der Waals surface area contributed by atoms with E-state index in [-0.39, 0.29) is 22.3 Å². The molecular formula is C23H25ClF2N2O. The van der Waals surface area contributed by atoms with Gasteiger partial charge in [0.25, 0.3) is 5.91 Å². The molecule has 154 valence electrons. The van der Waals surface area contributed by atoms with Crippen LogP contribution in [0.4, 0.5) is 8.78 Å². The van der Waals surface area contributed by atoms with Gasteiger partial charge in [-0.2, -0.15) is 0 Å². The molecule has 29 heavy (non-hydrogen) atoms. The Kier molecular flexibility index (Phi) is 5.88. The van der Waals surface area contributed by atoms with Gasteiger partial charge in [-0.25, -0.2) is 8.78 Å². The standard InChI is InChI=1S/C23H25ClF2N2O/c24-20-7-6-18(15-21(20)26)22(29)27-11-2-8-23(10-13-27)9-3-12-28(23)16-17-4-1-5-19(25)14-17/h1,4-7,14-15H,2-3,8-13,16H2/t23-/m0/s1. The summed E-state index contributed by atoms with van der Waals surface area (Å²) in [7, 11) is 0. The molecule has 0 aliphatic carbocycles. The van der Waals surface area contributed by atoms with Crippen LogP contribution in [0.5, 0.6) is 0 Å². The molecule has 0 bridgehead atoms. The Morgan fingerprint density at radius 3 is 2.55 bits per heavy atom. The number of likely N-dealkylation sites (tertiary alicyclic amines) is 2. The molecule has 2 saturated heterocycles. The van der Waals surface area contributed by atoms with E-state index in [2.05, 4.69) is 4.90 Å². The van der Waals surface area contributed by atoms with Gasteiger partial charge in [0.15, 0.2) is 0 Å². The zero-order chi connectivity index (χ0) is 20.4. The molecule has 0 N–H and O–H groups in total. The highest BCUT2D eigenvalue weighted by atomic mass is 35.5. The van der Waals surface area contributed by atoms with E-state index in [1.807, 2.05) is 11.0 Å². The largest absolute Gasteiger partial charge is 0.339 e. The zero-order valence-corrected chi connectivity index (χ0v) is 17.1. The molecule has 3 nitrogen and oxygen atoms in total. The van der Waals surface area contributed by atoms with Crippen molar-refractivity contribution in [3.8, 4) is 0 Å². The second kappa shape index (κ2) is 8.41. The van der Waals surface area contributed by atoms with Crippen LogP contribution in [0.3, 0.4) is 0 Å². The quantitative estimate of drug-likeness (QED) is 0.677. The SMILES string of the molecule is O=C(c1ccc(Cl)c(F)c1)N1CCC[C@]2(CCCN2Cc2cccc(F)c2)CC1. The van der Waals surface area contributed by atoms with Gasteiger partial charge in [-0.1, -0.05) is 23.7 Å². The van der Waals surface area contributed by atoms with Gasteiger partial charge in [-0.05, 0) is 74.5 Å². The third-order valence-electron chi connectivity index (χ3n) is 6.37. The second-order valence-electron chi connectivity index (χ2n) is 8.15. The summed E-state index contributed by atoms with van der Waals surface area (Å²) in [6.07, 6.45) is 5.01. The number of nitrogens with zero attached hydrogens (tertiary/aromatic N) is 2. The summed E-state index contributed by atoms with van der Waals surface area (Å²) in [5, 5.41) is 0.0234. The first kappa shape index (κ1) is 20.3. The number of amides is 1. The molecule has 4 rings (SSSR count). The Labute approximate surface area is 175 Å². The molecule has 0 saturated carbocycles. The Balaban J connectivity index is 1.47. The summed E-state index contributed by atoms with van der Waals surface area (Å²) in [6, 6.07) is 11.0. The van der Waals surface area contributed by atoms with Crippen LogP contribution in [-0.4, -0.2) is 40.9 Å². The molecule has 0 unspecified atom stereocenters. The zero-order valence-electron chi connectivity index (χ0n) is 16.3. The minimum atomic E-state index is -0.569. The van der Waals surface area contributed by atoms with Gasteiger partial charge < -0.3 is 4.90 Å². The lowest BCUT2D eigenvalue weighted by Gasteiger charge is -2.38. The Morgan fingerprint density at radius 1 is 1.00 bits per heavy atom. The van der Waals surface area contributed by atoms with Crippen LogP contribution in [0, 0.1) is 11.6 Å². The van der Waals surface area contributed by atoms with E-state index in [1.165, 1.54) is 18.2 Å². The summed E-state index contributed by atoms with van der Waals surface area (Å²) < 4.78 is 27.4. The van der Waals surface area contributed by atoms with E-state index in [4.69, 9.17) is 11.6 Å². The molecule has 2 aromatic carbocycles. The van der Waals surface area contributed by atoms with Crippen molar-refractivity contribution in [3.05, 3.63) is 70.2 Å².